The topological polar surface area (TPSA) is 237 Å². The van der Waals surface area contributed by atoms with Crippen molar-refractivity contribution >= 4 is 39.5 Å². The van der Waals surface area contributed by atoms with Crippen molar-refractivity contribution in [2.24, 2.45) is 17.8 Å². The third-order valence-electron chi connectivity index (χ3n) is 17.1. The molecule has 0 bridgehead atoms. The van der Waals surface area contributed by atoms with Crippen LogP contribution in [0.5, 0.6) is 0 Å². The van der Waals surface area contributed by atoms with Crippen molar-refractivity contribution in [3.63, 3.8) is 0 Å². The van der Waals surface area contributed by atoms with Gasteiger partial charge in [0, 0.05) is 25.7 Å². The number of esters is 4. The number of carbonyl (C=O) groups excluding carboxylic acids is 4. The van der Waals surface area contributed by atoms with E-state index in [1.54, 1.807) is 0 Å². The smallest absolute Gasteiger partial charge is 0.462 e. The molecule has 0 rings (SSSR count). The molecule has 0 aliphatic heterocycles. The first-order chi connectivity index (χ1) is 43.3. The van der Waals surface area contributed by atoms with Crippen LogP contribution in [-0.4, -0.2) is 96.7 Å². The Balaban J connectivity index is 5.17. The van der Waals surface area contributed by atoms with Gasteiger partial charge in [0.2, 0.25) is 0 Å². The first-order valence-electron chi connectivity index (χ1n) is 36.9. The maximum absolute atomic E-state index is 13.0. The van der Waals surface area contributed by atoms with E-state index in [4.69, 9.17) is 37.0 Å². The molecule has 0 saturated carbocycles. The van der Waals surface area contributed by atoms with Crippen LogP contribution in [-0.2, 0) is 65.4 Å². The lowest BCUT2D eigenvalue weighted by atomic mass is 9.99. The minimum absolute atomic E-state index is 0.105. The normalized spacial score (nSPS) is 14.8. The maximum atomic E-state index is 13.0. The Labute approximate surface area is 549 Å². The van der Waals surface area contributed by atoms with Crippen molar-refractivity contribution in [1.82, 2.24) is 0 Å². The number of hydrogen-bond donors (Lipinski definition) is 3. The summed E-state index contributed by atoms with van der Waals surface area (Å²) in [6.07, 6.45) is 46.0. The molecule has 0 spiro atoms. The van der Waals surface area contributed by atoms with Gasteiger partial charge in [0.1, 0.15) is 19.3 Å². The van der Waals surface area contributed by atoms with Crippen LogP contribution in [0.25, 0.3) is 0 Å². The highest BCUT2D eigenvalue weighted by Gasteiger charge is 2.30. The van der Waals surface area contributed by atoms with Crippen LogP contribution in [0.15, 0.2) is 0 Å². The first-order valence-corrected chi connectivity index (χ1v) is 39.9. The predicted octanol–water partition coefficient (Wildman–Crippen LogP) is 20.2. The van der Waals surface area contributed by atoms with E-state index in [1.165, 1.54) is 161 Å². The van der Waals surface area contributed by atoms with Crippen LogP contribution in [0.4, 0.5) is 0 Å². The van der Waals surface area contributed by atoms with Gasteiger partial charge in [0.15, 0.2) is 12.2 Å². The summed E-state index contributed by atoms with van der Waals surface area (Å²) in [6, 6.07) is 0. The van der Waals surface area contributed by atoms with Crippen LogP contribution in [0.3, 0.4) is 0 Å². The number of rotatable bonds is 69. The fourth-order valence-electron chi connectivity index (χ4n) is 10.7. The molecule has 0 heterocycles. The number of aliphatic hydroxyl groups is 1. The SMILES string of the molecule is CCCCCCCC(=O)OC[C@H](COP(=O)(O)OC[C@H](O)COP(=O)(O)OC[C@@H](COC(=O)CCCCCCCCCCCCC(C)CC)OC(=O)CCCCCCCCCCCCCCCCC(C)CC)OC(=O)CCCCCCCCCCCCC(C)C. The molecule has 534 valence electrons. The third-order valence-corrected chi connectivity index (χ3v) is 19.0. The number of phosphoric ester groups is 2. The monoisotopic (exact) mass is 1320 g/mol. The van der Waals surface area contributed by atoms with Crippen LogP contribution >= 0.6 is 15.6 Å². The molecule has 0 aliphatic carbocycles. The molecule has 19 heteroatoms. The molecular weight excluding hydrogens is 1190 g/mol. The zero-order valence-electron chi connectivity index (χ0n) is 58.6. The van der Waals surface area contributed by atoms with Crippen LogP contribution in [0, 0.1) is 17.8 Å². The van der Waals surface area contributed by atoms with Crippen molar-refractivity contribution in [3.05, 3.63) is 0 Å². The Morgan fingerprint density at radius 2 is 0.567 bits per heavy atom. The Bertz CT molecular complexity index is 1770. The van der Waals surface area contributed by atoms with Gasteiger partial charge in [-0.3, -0.25) is 37.3 Å². The summed E-state index contributed by atoms with van der Waals surface area (Å²) in [5.74, 6) is 0.272. The van der Waals surface area contributed by atoms with Gasteiger partial charge in [-0.2, -0.15) is 0 Å². The summed E-state index contributed by atoms with van der Waals surface area (Å²) in [4.78, 5) is 72.3. The zero-order chi connectivity index (χ0) is 66.6. The van der Waals surface area contributed by atoms with Crippen molar-refractivity contribution < 1.29 is 80.2 Å². The van der Waals surface area contributed by atoms with Gasteiger partial charge < -0.3 is 33.8 Å². The lowest BCUT2D eigenvalue weighted by Crippen LogP contribution is -2.30. The molecule has 0 radical (unpaired) electrons. The molecule has 4 unspecified atom stereocenters. The van der Waals surface area contributed by atoms with E-state index in [1.807, 2.05) is 0 Å². The molecule has 3 N–H and O–H groups in total. The van der Waals surface area contributed by atoms with E-state index in [0.717, 1.165) is 114 Å². The number of aliphatic hydroxyl groups excluding tert-OH is 1. The fourth-order valence-corrected chi connectivity index (χ4v) is 12.2. The van der Waals surface area contributed by atoms with E-state index in [-0.39, 0.29) is 25.7 Å². The summed E-state index contributed by atoms with van der Waals surface area (Å²) in [6.45, 7) is 11.8. The van der Waals surface area contributed by atoms with Gasteiger partial charge in [-0.15, -0.1) is 0 Å². The summed E-state index contributed by atoms with van der Waals surface area (Å²) in [7, 11) is -9.89. The number of hydrogen-bond acceptors (Lipinski definition) is 15. The van der Waals surface area contributed by atoms with Crippen molar-refractivity contribution in [2.45, 2.75) is 375 Å². The molecule has 90 heavy (non-hydrogen) atoms. The van der Waals surface area contributed by atoms with Crippen molar-refractivity contribution in [2.75, 3.05) is 39.6 Å². The Kier molecular flexibility index (Phi) is 60.6. The quantitative estimate of drug-likeness (QED) is 0.0222. The first kappa shape index (κ1) is 88.1. The lowest BCUT2D eigenvalue weighted by Gasteiger charge is -2.21. The third kappa shape index (κ3) is 62.2. The molecular formula is C71H138O17P2. The molecule has 0 saturated heterocycles. The number of phosphoric acid groups is 2. The van der Waals surface area contributed by atoms with E-state index in [9.17, 15) is 43.2 Å². The number of ether oxygens (including phenoxy) is 4. The van der Waals surface area contributed by atoms with Crippen molar-refractivity contribution in [1.29, 1.82) is 0 Å². The Hall–Kier alpha value is -1.94. The molecule has 0 aromatic rings. The van der Waals surface area contributed by atoms with Gasteiger partial charge in [0.05, 0.1) is 26.4 Å². The van der Waals surface area contributed by atoms with Gasteiger partial charge in [-0.05, 0) is 43.4 Å². The summed E-state index contributed by atoms with van der Waals surface area (Å²) in [5, 5.41) is 10.6. The van der Waals surface area contributed by atoms with Gasteiger partial charge in [-0.25, -0.2) is 9.13 Å². The van der Waals surface area contributed by atoms with E-state index < -0.39 is 97.5 Å². The highest BCUT2D eigenvalue weighted by molar-refractivity contribution is 7.47. The second-order valence-corrected chi connectivity index (χ2v) is 29.5. The molecule has 17 nitrogen and oxygen atoms in total. The van der Waals surface area contributed by atoms with Crippen LogP contribution in [0.1, 0.15) is 357 Å². The zero-order valence-corrected chi connectivity index (χ0v) is 60.4. The number of carbonyl (C=O) groups is 4. The average molecular weight is 1330 g/mol. The molecule has 0 fully saturated rings. The maximum Gasteiger partial charge on any atom is 0.472 e. The Morgan fingerprint density at radius 1 is 0.322 bits per heavy atom. The predicted molar refractivity (Wildman–Crippen MR) is 363 cm³/mol. The second-order valence-electron chi connectivity index (χ2n) is 26.6. The molecule has 0 aromatic carbocycles. The standard InChI is InChI=1S/C71H138O17P2/c1-8-11-12-35-45-52-68(73)81-58-66(87-70(75)55-48-41-34-28-21-19-23-29-36-42-49-62(4)5)60-85-89(77,78)83-56-65(72)57-84-90(79,80)86-61-67(59-82-69(74)53-46-39-32-26-22-20-25-31-38-44-51-64(7)10-3)88-71(76)54-47-40-33-27-18-16-14-13-15-17-24-30-37-43-50-63(6)9-2/h62-67,72H,8-61H2,1-7H3,(H,77,78)(H,79,80)/t63?,64?,65-,66+,67+/m0/s1. The van der Waals surface area contributed by atoms with Gasteiger partial charge in [-0.1, -0.05) is 305 Å². The van der Waals surface area contributed by atoms with Gasteiger partial charge in [0.25, 0.3) is 0 Å². The summed E-state index contributed by atoms with van der Waals surface area (Å²) < 4.78 is 68.1. The van der Waals surface area contributed by atoms with Crippen LogP contribution in [0.2, 0.25) is 0 Å². The van der Waals surface area contributed by atoms with Crippen LogP contribution < -0.4 is 0 Å². The van der Waals surface area contributed by atoms with Gasteiger partial charge >= 0.3 is 39.5 Å². The highest BCUT2D eigenvalue weighted by Crippen LogP contribution is 2.45. The van der Waals surface area contributed by atoms with E-state index in [2.05, 4.69) is 48.5 Å². The summed E-state index contributed by atoms with van der Waals surface area (Å²) >= 11 is 0. The van der Waals surface area contributed by atoms with Crippen molar-refractivity contribution in [3.8, 4) is 0 Å². The molecule has 0 aliphatic rings. The minimum atomic E-state index is -4.95. The summed E-state index contributed by atoms with van der Waals surface area (Å²) in [5.41, 5.74) is 0. The molecule has 0 aromatic heterocycles. The fraction of sp³-hybridized carbons (Fsp3) is 0.944. The molecule has 0 amide bonds. The van der Waals surface area contributed by atoms with E-state index >= 15 is 0 Å². The highest BCUT2D eigenvalue weighted by atomic mass is 31.2. The average Bonchev–Trinajstić information content (AvgIpc) is 3.67. The Morgan fingerprint density at radius 3 is 0.844 bits per heavy atom. The van der Waals surface area contributed by atoms with E-state index in [0.29, 0.717) is 25.7 Å². The molecule has 7 atom stereocenters. The lowest BCUT2D eigenvalue weighted by molar-refractivity contribution is -0.161. The largest absolute Gasteiger partial charge is 0.472 e. The minimum Gasteiger partial charge on any atom is -0.462 e. The number of unbranched alkanes of at least 4 members (excludes halogenated alkanes) is 35. The second kappa shape index (κ2) is 61.9.